The molecule has 3 N–H and O–H groups in total. The lowest BCUT2D eigenvalue weighted by molar-refractivity contribution is -0.156. The molecule has 9 heteroatoms. The van der Waals surface area contributed by atoms with Crippen molar-refractivity contribution in [1.29, 1.82) is 0 Å². The fourth-order valence-corrected chi connectivity index (χ4v) is 2.15. The highest BCUT2D eigenvalue weighted by Crippen LogP contribution is 2.25. The maximum Gasteiger partial charge on any atom is 0.309 e. The van der Waals surface area contributed by atoms with Crippen LogP contribution in [0.3, 0.4) is 0 Å². The van der Waals surface area contributed by atoms with E-state index in [1.807, 2.05) is 0 Å². The summed E-state index contributed by atoms with van der Waals surface area (Å²) >= 11 is 0. The fourth-order valence-electron chi connectivity index (χ4n) is 2.15. The van der Waals surface area contributed by atoms with Gasteiger partial charge in [-0.05, 0) is 6.42 Å². The summed E-state index contributed by atoms with van der Waals surface area (Å²) < 4.78 is 0. The third-order valence-corrected chi connectivity index (χ3v) is 3.17. The van der Waals surface area contributed by atoms with Gasteiger partial charge in [0.25, 0.3) is 5.91 Å². The average Bonchev–Trinajstić information content (AvgIpc) is 2.90. The van der Waals surface area contributed by atoms with Crippen molar-refractivity contribution in [3.05, 3.63) is 11.9 Å². The lowest BCUT2D eigenvalue weighted by atomic mass is 9.85. The fraction of sp³-hybridized carbons (Fsp3) is 0.500. The van der Waals surface area contributed by atoms with Crippen LogP contribution in [0.4, 0.5) is 0 Å². The highest BCUT2D eigenvalue weighted by Gasteiger charge is 2.40. The van der Waals surface area contributed by atoms with Crippen LogP contribution in [0.1, 0.15) is 16.9 Å². The van der Waals surface area contributed by atoms with E-state index >= 15 is 0 Å². The highest BCUT2D eigenvalue weighted by molar-refractivity contribution is 5.92. The number of likely N-dealkylation sites (tertiary alicyclic amines) is 1. The number of aliphatic carboxylic acids is 2. The molecule has 0 aromatic carbocycles. The third kappa shape index (κ3) is 2.54. The van der Waals surface area contributed by atoms with Gasteiger partial charge in [-0.2, -0.15) is 15.4 Å². The number of hydrogen-bond donors (Lipinski definition) is 3. The zero-order valence-corrected chi connectivity index (χ0v) is 9.81. The van der Waals surface area contributed by atoms with E-state index in [0.29, 0.717) is 0 Å². The van der Waals surface area contributed by atoms with Gasteiger partial charge in [0.15, 0.2) is 5.69 Å². The van der Waals surface area contributed by atoms with Crippen LogP contribution in [-0.4, -0.2) is 61.5 Å². The Bertz CT molecular complexity index is 500. The molecule has 19 heavy (non-hydrogen) atoms. The number of carbonyl (C=O) groups is 3. The Morgan fingerprint density at radius 2 is 1.95 bits per heavy atom. The number of nitrogens with zero attached hydrogens (tertiary/aromatic N) is 3. The van der Waals surface area contributed by atoms with E-state index in [4.69, 9.17) is 10.2 Å². The molecule has 102 valence electrons. The summed E-state index contributed by atoms with van der Waals surface area (Å²) in [4.78, 5) is 35.3. The van der Waals surface area contributed by atoms with Gasteiger partial charge in [-0.1, -0.05) is 0 Å². The topological polar surface area (TPSA) is 136 Å². The number of piperidine rings is 1. The van der Waals surface area contributed by atoms with Gasteiger partial charge in [0, 0.05) is 13.1 Å². The van der Waals surface area contributed by atoms with E-state index in [0.717, 1.165) is 0 Å². The van der Waals surface area contributed by atoms with Crippen LogP contribution in [0.25, 0.3) is 0 Å². The summed E-state index contributed by atoms with van der Waals surface area (Å²) in [5.41, 5.74) is 0.0814. The first-order chi connectivity index (χ1) is 9.00. The lowest BCUT2D eigenvalue weighted by Crippen LogP contribution is -2.48. The standard InChI is InChI=1S/C10H12N4O5/c15-8(7-3-11-13-12-7)14-2-1-5(9(16)17)6(4-14)10(18)19/h3,5-6H,1-2,4H2,(H,16,17)(H,18,19)(H,11,12,13). The Morgan fingerprint density at radius 3 is 2.47 bits per heavy atom. The minimum Gasteiger partial charge on any atom is -0.481 e. The number of carbonyl (C=O) groups excluding carboxylic acids is 1. The van der Waals surface area contributed by atoms with Crippen LogP contribution in [0.15, 0.2) is 6.20 Å². The molecule has 0 radical (unpaired) electrons. The van der Waals surface area contributed by atoms with E-state index in [9.17, 15) is 14.4 Å². The molecule has 1 amide bonds. The molecule has 1 aliphatic heterocycles. The summed E-state index contributed by atoms with van der Waals surface area (Å²) in [5, 5.41) is 27.4. The minimum absolute atomic E-state index is 0.0814. The van der Waals surface area contributed by atoms with Gasteiger partial charge in [-0.3, -0.25) is 14.4 Å². The Labute approximate surface area is 107 Å². The van der Waals surface area contributed by atoms with Crippen LogP contribution < -0.4 is 0 Å². The quantitative estimate of drug-likeness (QED) is 0.642. The maximum absolute atomic E-state index is 12.0. The normalized spacial score (nSPS) is 23.1. The summed E-state index contributed by atoms with van der Waals surface area (Å²) in [6.07, 6.45) is 1.34. The van der Waals surface area contributed by atoms with Crippen molar-refractivity contribution in [2.45, 2.75) is 6.42 Å². The van der Waals surface area contributed by atoms with Gasteiger partial charge >= 0.3 is 11.9 Å². The third-order valence-electron chi connectivity index (χ3n) is 3.17. The largest absolute Gasteiger partial charge is 0.481 e. The number of nitrogens with one attached hydrogen (secondary N) is 1. The number of aromatic amines is 1. The molecule has 2 rings (SSSR count). The number of amides is 1. The monoisotopic (exact) mass is 268 g/mol. The first kappa shape index (κ1) is 13.0. The molecular weight excluding hydrogens is 256 g/mol. The molecule has 0 saturated carbocycles. The summed E-state index contributed by atoms with van der Waals surface area (Å²) in [7, 11) is 0. The van der Waals surface area contributed by atoms with E-state index in [1.54, 1.807) is 0 Å². The summed E-state index contributed by atoms with van der Waals surface area (Å²) in [6.45, 7) is 0.0461. The number of aromatic nitrogens is 3. The molecule has 0 aliphatic carbocycles. The van der Waals surface area contributed by atoms with Crippen LogP contribution in [0, 0.1) is 11.8 Å². The zero-order valence-electron chi connectivity index (χ0n) is 9.81. The molecule has 2 unspecified atom stereocenters. The predicted octanol–water partition coefficient (Wildman–Crippen LogP) is -0.948. The van der Waals surface area contributed by atoms with Crippen LogP contribution >= 0.6 is 0 Å². The van der Waals surface area contributed by atoms with Gasteiger partial charge in [-0.15, -0.1) is 0 Å². The van der Waals surface area contributed by atoms with Crippen LogP contribution in [0.5, 0.6) is 0 Å². The van der Waals surface area contributed by atoms with Crippen molar-refractivity contribution >= 4 is 17.8 Å². The molecule has 1 saturated heterocycles. The van der Waals surface area contributed by atoms with E-state index < -0.39 is 29.7 Å². The van der Waals surface area contributed by atoms with Crippen molar-refractivity contribution in [1.82, 2.24) is 20.3 Å². The van der Waals surface area contributed by atoms with E-state index in [-0.39, 0.29) is 25.2 Å². The molecule has 1 aromatic rings. The van der Waals surface area contributed by atoms with E-state index in [2.05, 4.69) is 15.4 Å². The van der Waals surface area contributed by atoms with Gasteiger partial charge in [-0.25, -0.2) is 0 Å². The van der Waals surface area contributed by atoms with Gasteiger partial charge in [0.2, 0.25) is 0 Å². The molecule has 0 bridgehead atoms. The summed E-state index contributed by atoms with van der Waals surface area (Å²) in [5.74, 6) is -4.91. The summed E-state index contributed by atoms with van der Waals surface area (Å²) in [6, 6.07) is 0. The van der Waals surface area contributed by atoms with Crippen molar-refractivity contribution in [2.75, 3.05) is 13.1 Å². The lowest BCUT2D eigenvalue weighted by Gasteiger charge is -2.34. The van der Waals surface area contributed by atoms with Crippen molar-refractivity contribution in [3.8, 4) is 0 Å². The number of carboxylic acids is 2. The molecular formula is C10H12N4O5. The molecule has 1 aromatic heterocycles. The zero-order chi connectivity index (χ0) is 14.0. The predicted molar refractivity (Wildman–Crippen MR) is 59.2 cm³/mol. The number of H-pyrrole nitrogens is 1. The number of rotatable bonds is 3. The first-order valence-corrected chi connectivity index (χ1v) is 5.61. The molecule has 2 heterocycles. The second kappa shape index (κ2) is 5.04. The molecule has 1 fully saturated rings. The van der Waals surface area contributed by atoms with Crippen LogP contribution in [0.2, 0.25) is 0 Å². The van der Waals surface area contributed by atoms with Gasteiger partial charge in [0.05, 0.1) is 18.0 Å². The molecule has 9 nitrogen and oxygen atoms in total. The second-order valence-corrected chi connectivity index (χ2v) is 4.28. The Kier molecular flexibility index (Phi) is 3.45. The van der Waals surface area contributed by atoms with Gasteiger partial charge < -0.3 is 15.1 Å². The average molecular weight is 268 g/mol. The molecule has 0 spiro atoms. The minimum atomic E-state index is -1.22. The SMILES string of the molecule is O=C(O)C1CCN(C(=O)c2cn[nH]n2)CC1C(=O)O. The molecule has 2 atom stereocenters. The number of carboxylic acid groups (broad SMARTS) is 2. The Balaban J connectivity index is 2.13. The maximum atomic E-state index is 12.0. The Morgan fingerprint density at radius 1 is 1.26 bits per heavy atom. The van der Waals surface area contributed by atoms with Gasteiger partial charge in [0.1, 0.15) is 0 Å². The van der Waals surface area contributed by atoms with E-state index in [1.165, 1.54) is 11.1 Å². The van der Waals surface area contributed by atoms with Crippen molar-refractivity contribution in [2.24, 2.45) is 11.8 Å². The highest BCUT2D eigenvalue weighted by atomic mass is 16.4. The number of hydrogen-bond acceptors (Lipinski definition) is 5. The first-order valence-electron chi connectivity index (χ1n) is 5.61. The Hall–Kier alpha value is -2.45. The van der Waals surface area contributed by atoms with Crippen molar-refractivity contribution in [3.63, 3.8) is 0 Å². The van der Waals surface area contributed by atoms with Crippen LogP contribution in [-0.2, 0) is 9.59 Å². The van der Waals surface area contributed by atoms with Crippen molar-refractivity contribution < 1.29 is 24.6 Å². The second-order valence-electron chi connectivity index (χ2n) is 4.28. The molecule has 1 aliphatic rings. The smallest absolute Gasteiger partial charge is 0.309 e.